The van der Waals surface area contributed by atoms with E-state index in [-0.39, 0.29) is 11.8 Å². The van der Waals surface area contributed by atoms with Gasteiger partial charge in [-0.25, -0.2) is 8.42 Å². The first kappa shape index (κ1) is 19.5. The third-order valence-corrected chi connectivity index (χ3v) is 6.08. The number of aryl methyl sites for hydroxylation is 1. The number of hydrogen-bond donors (Lipinski definition) is 1. The zero-order valence-corrected chi connectivity index (χ0v) is 15.2. The Morgan fingerprint density at radius 3 is 2.35 bits per heavy atom. The van der Waals surface area contributed by atoms with Crippen molar-refractivity contribution in [3.63, 3.8) is 0 Å². The summed E-state index contributed by atoms with van der Waals surface area (Å²) in [6.07, 6.45) is 2.08. The quantitative estimate of drug-likeness (QED) is 0.748. The monoisotopic (exact) mass is 341 g/mol. The zero-order valence-electron chi connectivity index (χ0n) is 14.3. The molecule has 0 heterocycles. The lowest BCUT2D eigenvalue weighted by Crippen LogP contribution is -2.43. The van der Waals surface area contributed by atoms with E-state index >= 15 is 0 Å². The third kappa shape index (κ3) is 6.22. The molecular formula is C17H27NO4S. The van der Waals surface area contributed by atoms with Crippen LogP contribution in [-0.4, -0.2) is 38.5 Å². The number of amides is 1. The summed E-state index contributed by atoms with van der Waals surface area (Å²) in [7, 11) is -1.73. The van der Waals surface area contributed by atoms with E-state index < -0.39 is 21.0 Å². The Morgan fingerprint density at radius 2 is 1.83 bits per heavy atom. The predicted octanol–water partition coefficient (Wildman–Crippen LogP) is 2.35. The molecule has 0 aromatic heterocycles. The first-order chi connectivity index (χ1) is 10.8. The van der Waals surface area contributed by atoms with Gasteiger partial charge >= 0.3 is 0 Å². The Kier molecular flexibility index (Phi) is 7.55. The van der Waals surface area contributed by atoms with Gasteiger partial charge in [0.2, 0.25) is 5.91 Å². The summed E-state index contributed by atoms with van der Waals surface area (Å²) in [5, 5.41) is 1.80. The Balaban J connectivity index is 2.49. The summed E-state index contributed by atoms with van der Waals surface area (Å²) < 4.78 is 29.0. The van der Waals surface area contributed by atoms with Crippen molar-refractivity contribution in [2.75, 3.05) is 12.9 Å². The number of sulfone groups is 1. The Labute approximate surface area is 139 Å². The fourth-order valence-corrected chi connectivity index (χ4v) is 3.55. The molecule has 130 valence electrons. The van der Waals surface area contributed by atoms with Gasteiger partial charge in [0.05, 0.1) is 12.9 Å². The summed E-state index contributed by atoms with van der Waals surface area (Å²) in [5.41, 5.74) is 1.15. The van der Waals surface area contributed by atoms with Gasteiger partial charge in [-0.2, -0.15) is 0 Å². The van der Waals surface area contributed by atoms with Gasteiger partial charge in [0.1, 0.15) is 11.0 Å². The molecule has 0 aliphatic carbocycles. The molecule has 0 bridgehead atoms. The van der Waals surface area contributed by atoms with E-state index in [0.717, 1.165) is 24.2 Å². The average molecular weight is 341 g/mol. The smallest absolute Gasteiger partial charge is 0.238 e. The maximum atomic E-state index is 12.1. The van der Waals surface area contributed by atoms with E-state index in [1.165, 1.54) is 6.92 Å². The van der Waals surface area contributed by atoms with Crippen LogP contribution in [0.4, 0.5) is 0 Å². The number of methoxy groups -OCH3 is 1. The second kappa shape index (κ2) is 8.91. The molecule has 6 heteroatoms. The van der Waals surface area contributed by atoms with Gasteiger partial charge in [0.25, 0.3) is 0 Å². The molecule has 0 spiro atoms. The molecule has 23 heavy (non-hydrogen) atoms. The van der Waals surface area contributed by atoms with Crippen molar-refractivity contribution >= 4 is 15.7 Å². The van der Waals surface area contributed by atoms with Gasteiger partial charge in [-0.15, -0.1) is 0 Å². The van der Waals surface area contributed by atoms with Crippen LogP contribution in [0.25, 0.3) is 0 Å². The lowest BCUT2D eigenvalue weighted by atomic mass is 10.1. The molecule has 1 rings (SSSR count). The molecule has 0 radical (unpaired) electrons. The minimum Gasteiger partial charge on any atom is -0.497 e. The van der Waals surface area contributed by atoms with Crippen molar-refractivity contribution in [3.05, 3.63) is 29.8 Å². The van der Waals surface area contributed by atoms with Gasteiger partial charge in [-0.3, -0.25) is 4.79 Å². The molecule has 0 saturated carbocycles. The van der Waals surface area contributed by atoms with E-state index in [1.807, 2.05) is 31.2 Å². The number of benzene rings is 1. The fourth-order valence-electron chi connectivity index (χ4n) is 2.23. The molecule has 0 aliphatic rings. The summed E-state index contributed by atoms with van der Waals surface area (Å²) >= 11 is 0. The minimum absolute atomic E-state index is 0.0435. The Morgan fingerprint density at radius 1 is 1.22 bits per heavy atom. The summed E-state index contributed by atoms with van der Waals surface area (Å²) in [6, 6.07) is 7.70. The molecule has 0 fully saturated rings. The molecule has 1 aromatic carbocycles. The van der Waals surface area contributed by atoms with Crippen LogP contribution in [0.1, 0.15) is 39.2 Å². The standard InChI is InChI=1S/C17H27NO4S/c1-5-12-23(20,21)14(3)17(19)18-13(2)6-7-15-8-10-16(22-4)11-9-15/h8-11,13-14H,5-7,12H2,1-4H3,(H,18,19)/t13-,14+/m0/s1. The van der Waals surface area contributed by atoms with Crippen molar-refractivity contribution in [3.8, 4) is 5.75 Å². The van der Waals surface area contributed by atoms with E-state index in [4.69, 9.17) is 4.74 Å². The van der Waals surface area contributed by atoms with Crippen LogP contribution in [-0.2, 0) is 21.1 Å². The van der Waals surface area contributed by atoms with Gasteiger partial charge in [0, 0.05) is 6.04 Å². The average Bonchev–Trinajstić information content (AvgIpc) is 2.52. The zero-order chi connectivity index (χ0) is 17.5. The second-order valence-electron chi connectivity index (χ2n) is 5.81. The fraction of sp³-hybridized carbons (Fsp3) is 0.588. The molecule has 2 atom stereocenters. The maximum Gasteiger partial charge on any atom is 0.238 e. The number of rotatable bonds is 9. The molecule has 0 saturated heterocycles. The predicted molar refractivity (Wildman–Crippen MR) is 92.5 cm³/mol. The highest BCUT2D eigenvalue weighted by Gasteiger charge is 2.27. The summed E-state index contributed by atoms with van der Waals surface area (Å²) in [5.74, 6) is 0.438. The van der Waals surface area contributed by atoms with Crippen molar-refractivity contribution in [2.24, 2.45) is 0 Å². The van der Waals surface area contributed by atoms with Crippen LogP contribution in [0.5, 0.6) is 5.75 Å². The van der Waals surface area contributed by atoms with Crippen LogP contribution in [0.15, 0.2) is 24.3 Å². The van der Waals surface area contributed by atoms with Crippen LogP contribution < -0.4 is 10.1 Å². The summed E-state index contributed by atoms with van der Waals surface area (Å²) in [6.45, 7) is 5.14. The van der Waals surface area contributed by atoms with Crippen LogP contribution in [0.2, 0.25) is 0 Å². The van der Waals surface area contributed by atoms with E-state index in [9.17, 15) is 13.2 Å². The second-order valence-corrected chi connectivity index (χ2v) is 8.25. The number of nitrogens with one attached hydrogen (secondary N) is 1. The van der Waals surface area contributed by atoms with Gasteiger partial charge in [-0.05, 0) is 50.8 Å². The largest absolute Gasteiger partial charge is 0.497 e. The highest BCUT2D eigenvalue weighted by atomic mass is 32.2. The van der Waals surface area contributed by atoms with Crippen molar-refractivity contribution in [2.45, 2.75) is 51.3 Å². The van der Waals surface area contributed by atoms with Gasteiger partial charge in [0.15, 0.2) is 9.84 Å². The van der Waals surface area contributed by atoms with E-state index in [0.29, 0.717) is 6.42 Å². The van der Waals surface area contributed by atoms with Crippen molar-refractivity contribution < 1.29 is 17.9 Å². The number of hydrogen-bond acceptors (Lipinski definition) is 4. The Bertz CT molecular complexity index is 596. The third-order valence-electron chi connectivity index (χ3n) is 3.81. The van der Waals surface area contributed by atoms with Crippen molar-refractivity contribution in [1.82, 2.24) is 5.32 Å². The molecular weight excluding hydrogens is 314 g/mol. The first-order valence-corrected chi connectivity index (χ1v) is 9.66. The number of carbonyl (C=O) groups excluding carboxylic acids is 1. The summed E-state index contributed by atoms with van der Waals surface area (Å²) in [4.78, 5) is 12.1. The molecule has 1 N–H and O–H groups in total. The lowest BCUT2D eigenvalue weighted by Gasteiger charge is -2.18. The highest BCUT2D eigenvalue weighted by Crippen LogP contribution is 2.13. The Hall–Kier alpha value is -1.56. The normalized spacial score (nSPS) is 14.1. The highest BCUT2D eigenvalue weighted by molar-refractivity contribution is 7.92. The molecule has 0 aliphatic heterocycles. The molecule has 0 unspecified atom stereocenters. The van der Waals surface area contributed by atoms with E-state index in [1.54, 1.807) is 14.0 Å². The van der Waals surface area contributed by atoms with Gasteiger partial charge in [-0.1, -0.05) is 19.1 Å². The minimum atomic E-state index is -3.36. The van der Waals surface area contributed by atoms with Gasteiger partial charge < -0.3 is 10.1 Å². The number of ether oxygens (including phenoxy) is 1. The van der Waals surface area contributed by atoms with E-state index in [2.05, 4.69) is 5.32 Å². The topological polar surface area (TPSA) is 72.5 Å². The molecule has 1 aromatic rings. The van der Waals surface area contributed by atoms with Crippen LogP contribution in [0, 0.1) is 0 Å². The number of carbonyl (C=O) groups is 1. The molecule has 5 nitrogen and oxygen atoms in total. The SMILES string of the molecule is CCCS(=O)(=O)[C@H](C)C(=O)N[C@@H](C)CCc1ccc(OC)cc1. The van der Waals surface area contributed by atoms with Crippen LogP contribution >= 0.6 is 0 Å². The maximum absolute atomic E-state index is 12.1. The first-order valence-electron chi connectivity index (χ1n) is 7.95. The van der Waals surface area contributed by atoms with Crippen LogP contribution in [0.3, 0.4) is 0 Å². The lowest BCUT2D eigenvalue weighted by molar-refractivity contribution is -0.121. The molecule has 1 amide bonds. The van der Waals surface area contributed by atoms with Crippen molar-refractivity contribution in [1.29, 1.82) is 0 Å².